The molecule has 1 heterocycles. The van der Waals surface area contributed by atoms with Crippen LogP contribution < -0.4 is 5.73 Å². The Morgan fingerprint density at radius 2 is 1.90 bits per heavy atom. The second-order valence-electron chi connectivity index (χ2n) is 6.99. The first-order valence-corrected chi connectivity index (χ1v) is 7.89. The van der Waals surface area contributed by atoms with Crippen LogP contribution in [0.15, 0.2) is 0 Å². The molecule has 0 saturated carbocycles. The monoisotopic (exact) mass is 284 g/mol. The van der Waals surface area contributed by atoms with Gasteiger partial charge in [0, 0.05) is 26.6 Å². The third-order valence-electron chi connectivity index (χ3n) is 4.57. The third kappa shape index (κ3) is 5.41. The van der Waals surface area contributed by atoms with Gasteiger partial charge in [-0.3, -0.25) is 4.79 Å². The van der Waals surface area contributed by atoms with Crippen molar-refractivity contribution < 1.29 is 9.53 Å². The molecule has 20 heavy (non-hydrogen) atoms. The van der Waals surface area contributed by atoms with Crippen molar-refractivity contribution in [3.05, 3.63) is 0 Å². The highest BCUT2D eigenvalue weighted by Crippen LogP contribution is 2.32. The minimum absolute atomic E-state index is 0.225. The number of carbonyl (C=O) groups excluding carboxylic acids is 1. The summed E-state index contributed by atoms with van der Waals surface area (Å²) in [4.78, 5) is 14.3. The van der Waals surface area contributed by atoms with Crippen LogP contribution in [0.1, 0.15) is 52.9 Å². The summed E-state index contributed by atoms with van der Waals surface area (Å²) in [6.45, 7) is 9.10. The van der Waals surface area contributed by atoms with Crippen molar-refractivity contribution >= 4 is 5.91 Å². The van der Waals surface area contributed by atoms with E-state index in [0.717, 1.165) is 38.8 Å². The highest BCUT2D eigenvalue weighted by molar-refractivity contribution is 5.76. The first-order valence-electron chi connectivity index (χ1n) is 7.89. The lowest BCUT2D eigenvalue weighted by molar-refractivity contribution is -0.134. The summed E-state index contributed by atoms with van der Waals surface area (Å²) in [6, 6.07) is 0. The predicted octanol–water partition coefficient (Wildman–Crippen LogP) is 2.42. The number of carbonyl (C=O) groups is 1. The first-order chi connectivity index (χ1) is 9.38. The van der Waals surface area contributed by atoms with E-state index in [2.05, 4.69) is 20.8 Å². The number of nitrogens with zero attached hydrogens (tertiary/aromatic N) is 1. The summed E-state index contributed by atoms with van der Waals surface area (Å²) in [7, 11) is 1.75. The van der Waals surface area contributed by atoms with E-state index >= 15 is 0 Å². The Hall–Kier alpha value is -0.610. The highest BCUT2D eigenvalue weighted by atomic mass is 16.5. The van der Waals surface area contributed by atoms with E-state index in [0.29, 0.717) is 30.9 Å². The number of likely N-dealkylation sites (tertiary alicyclic amines) is 1. The topological polar surface area (TPSA) is 55.6 Å². The highest BCUT2D eigenvalue weighted by Gasteiger charge is 2.27. The molecule has 1 aliphatic heterocycles. The fourth-order valence-electron chi connectivity index (χ4n) is 3.01. The Labute approximate surface area is 124 Å². The van der Waals surface area contributed by atoms with Gasteiger partial charge in [-0.1, -0.05) is 20.8 Å². The van der Waals surface area contributed by atoms with Gasteiger partial charge in [0.05, 0.1) is 6.10 Å². The number of rotatable bonds is 6. The summed E-state index contributed by atoms with van der Waals surface area (Å²) in [6.07, 6.45) is 4.87. The molecule has 0 aliphatic carbocycles. The average molecular weight is 284 g/mol. The Bertz CT molecular complexity index is 291. The fourth-order valence-corrected chi connectivity index (χ4v) is 3.01. The first kappa shape index (κ1) is 17.4. The van der Waals surface area contributed by atoms with Gasteiger partial charge in [-0.25, -0.2) is 0 Å². The molecule has 0 aromatic heterocycles. The molecular weight excluding hydrogens is 252 g/mol. The van der Waals surface area contributed by atoms with Crippen molar-refractivity contribution in [3.63, 3.8) is 0 Å². The molecule has 1 unspecified atom stereocenters. The average Bonchev–Trinajstić information content (AvgIpc) is 2.42. The SMILES string of the molecule is COC1CCN(C(=O)CCC(CCN)C(C)(C)C)CC1. The van der Waals surface area contributed by atoms with E-state index in [4.69, 9.17) is 10.5 Å². The van der Waals surface area contributed by atoms with Crippen molar-refractivity contribution in [2.24, 2.45) is 17.1 Å². The quantitative estimate of drug-likeness (QED) is 0.815. The van der Waals surface area contributed by atoms with Crippen LogP contribution in [0.3, 0.4) is 0 Å². The number of methoxy groups -OCH3 is 1. The normalized spacial score (nSPS) is 19.1. The largest absolute Gasteiger partial charge is 0.381 e. The zero-order valence-electron chi connectivity index (χ0n) is 13.7. The van der Waals surface area contributed by atoms with Gasteiger partial charge < -0.3 is 15.4 Å². The molecule has 1 rings (SSSR count). The molecule has 2 N–H and O–H groups in total. The van der Waals surface area contributed by atoms with Gasteiger partial charge in [-0.05, 0) is 43.6 Å². The third-order valence-corrected chi connectivity index (χ3v) is 4.57. The molecule has 0 aromatic carbocycles. The fraction of sp³-hybridized carbons (Fsp3) is 0.938. The van der Waals surface area contributed by atoms with Gasteiger partial charge in [-0.2, -0.15) is 0 Å². The second kappa shape index (κ2) is 7.99. The molecule has 118 valence electrons. The lowest BCUT2D eigenvalue weighted by Gasteiger charge is -2.33. The van der Waals surface area contributed by atoms with E-state index in [9.17, 15) is 4.79 Å². The smallest absolute Gasteiger partial charge is 0.222 e. The Morgan fingerprint density at radius 3 is 2.35 bits per heavy atom. The van der Waals surface area contributed by atoms with Crippen molar-refractivity contribution in [1.82, 2.24) is 4.90 Å². The Balaban J connectivity index is 2.38. The minimum atomic E-state index is 0.225. The lowest BCUT2D eigenvalue weighted by atomic mass is 9.76. The van der Waals surface area contributed by atoms with Gasteiger partial charge in [0.1, 0.15) is 0 Å². The van der Waals surface area contributed by atoms with E-state index in [-0.39, 0.29) is 5.41 Å². The summed E-state index contributed by atoms with van der Waals surface area (Å²) in [5.74, 6) is 0.818. The van der Waals surface area contributed by atoms with Crippen LogP contribution in [-0.4, -0.2) is 43.7 Å². The van der Waals surface area contributed by atoms with Crippen LogP contribution in [0.2, 0.25) is 0 Å². The zero-order valence-corrected chi connectivity index (χ0v) is 13.7. The Kier molecular flexibility index (Phi) is 6.96. The van der Waals surface area contributed by atoms with Crippen LogP contribution in [0.25, 0.3) is 0 Å². The van der Waals surface area contributed by atoms with Gasteiger partial charge in [-0.15, -0.1) is 0 Å². The molecule has 0 radical (unpaired) electrons. The molecule has 1 saturated heterocycles. The van der Waals surface area contributed by atoms with Crippen LogP contribution in [0.5, 0.6) is 0 Å². The molecule has 1 fully saturated rings. The number of hydrogen-bond acceptors (Lipinski definition) is 3. The molecule has 1 amide bonds. The molecule has 0 spiro atoms. The van der Waals surface area contributed by atoms with E-state index in [1.807, 2.05) is 4.90 Å². The van der Waals surface area contributed by atoms with Gasteiger partial charge in [0.25, 0.3) is 0 Å². The maximum Gasteiger partial charge on any atom is 0.222 e. The van der Waals surface area contributed by atoms with E-state index in [1.165, 1.54) is 0 Å². The van der Waals surface area contributed by atoms with Crippen LogP contribution in [0.4, 0.5) is 0 Å². The summed E-state index contributed by atoms with van der Waals surface area (Å²) < 4.78 is 5.34. The molecule has 0 aromatic rings. The molecule has 1 atom stereocenters. The predicted molar refractivity (Wildman–Crippen MR) is 82.5 cm³/mol. The zero-order chi connectivity index (χ0) is 15.2. The summed E-state index contributed by atoms with van der Waals surface area (Å²) in [5.41, 5.74) is 5.92. The minimum Gasteiger partial charge on any atom is -0.381 e. The van der Waals surface area contributed by atoms with Gasteiger partial charge in [0.15, 0.2) is 0 Å². The molecule has 1 aliphatic rings. The van der Waals surface area contributed by atoms with Crippen LogP contribution in [-0.2, 0) is 9.53 Å². The number of nitrogens with two attached hydrogens (primary N) is 1. The van der Waals surface area contributed by atoms with E-state index < -0.39 is 0 Å². The molecule has 4 nitrogen and oxygen atoms in total. The van der Waals surface area contributed by atoms with Gasteiger partial charge in [0.2, 0.25) is 5.91 Å². The van der Waals surface area contributed by atoms with Crippen molar-refractivity contribution in [1.29, 1.82) is 0 Å². The van der Waals surface area contributed by atoms with Crippen molar-refractivity contribution in [2.45, 2.75) is 59.0 Å². The van der Waals surface area contributed by atoms with E-state index in [1.54, 1.807) is 7.11 Å². The molecule has 4 heteroatoms. The van der Waals surface area contributed by atoms with Crippen LogP contribution in [0, 0.1) is 11.3 Å². The lowest BCUT2D eigenvalue weighted by Crippen LogP contribution is -2.40. The van der Waals surface area contributed by atoms with Crippen molar-refractivity contribution in [3.8, 4) is 0 Å². The molecule has 0 bridgehead atoms. The summed E-state index contributed by atoms with van der Waals surface area (Å²) >= 11 is 0. The number of ether oxygens (including phenoxy) is 1. The van der Waals surface area contributed by atoms with Gasteiger partial charge >= 0.3 is 0 Å². The maximum atomic E-state index is 12.3. The molecular formula is C16H32N2O2. The van der Waals surface area contributed by atoms with Crippen molar-refractivity contribution in [2.75, 3.05) is 26.7 Å². The van der Waals surface area contributed by atoms with Crippen LogP contribution >= 0.6 is 0 Å². The second-order valence-corrected chi connectivity index (χ2v) is 6.99. The number of piperidine rings is 1. The number of amides is 1. The maximum absolute atomic E-state index is 12.3. The summed E-state index contributed by atoms with van der Waals surface area (Å²) in [5, 5.41) is 0. The standard InChI is InChI=1S/C16H32N2O2/c1-16(2,3)13(7-10-17)5-6-15(19)18-11-8-14(20-4)9-12-18/h13-14H,5-12,17H2,1-4H3. The number of hydrogen-bond donors (Lipinski definition) is 1. The Morgan fingerprint density at radius 1 is 1.30 bits per heavy atom.